The van der Waals surface area contributed by atoms with Crippen LogP contribution in [0.2, 0.25) is 0 Å². The Labute approximate surface area is 137 Å². The molecular weight excluding hydrogens is 312 g/mol. The number of nitrogens with one attached hydrogen (secondary N) is 1. The van der Waals surface area contributed by atoms with Crippen molar-refractivity contribution in [1.82, 2.24) is 19.4 Å². The molecule has 6 nitrogen and oxygen atoms in total. The van der Waals surface area contributed by atoms with Gasteiger partial charge < -0.3 is 9.88 Å². The highest BCUT2D eigenvalue weighted by Gasteiger charge is 2.08. The Morgan fingerprint density at radius 1 is 1.35 bits per heavy atom. The summed E-state index contributed by atoms with van der Waals surface area (Å²) >= 11 is 1.12. The van der Waals surface area contributed by atoms with Gasteiger partial charge in [-0.05, 0) is 25.5 Å². The van der Waals surface area contributed by atoms with E-state index in [-0.39, 0.29) is 17.3 Å². The van der Waals surface area contributed by atoms with Gasteiger partial charge in [0.05, 0.1) is 17.4 Å². The monoisotopic (exact) mass is 330 g/mol. The number of imidazole rings is 1. The van der Waals surface area contributed by atoms with Crippen LogP contribution in [-0.2, 0) is 17.9 Å². The zero-order valence-electron chi connectivity index (χ0n) is 12.9. The first-order valence-electron chi connectivity index (χ1n) is 7.46. The quantitative estimate of drug-likeness (QED) is 0.701. The van der Waals surface area contributed by atoms with Gasteiger partial charge in [0.1, 0.15) is 6.54 Å². The molecular formula is C16H18N4O2S. The van der Waals surface area contributed by atoms with Gasteiger partial charge in [0, 0.05) is 24.2 Å². The van der Waals surface area contributed by atoms with Crippen LogP contribution < -0.4 is 10.2 Å². The molecule has 1 N–H and O–H groups in total. The van der Waals surface area contributed by atoms with Crippen LogP contribution in [0.3, 0.4) is 0 Å². The molecule has 0 atom stereocenters. The van der Waals surface area contributed by atoms with E-state index < -0.39 is 0 Å². The number of carbonyl (C=O) groups excluding carboxylic acids is 1. The van der Waals surface area contributed by atoms with E-state index in [1.807, 2.05) is 37.5 Å². The molecule has 0 saturated heterocycles. The van der Waals surface area contributed by atoms with Crippen molar-refractivity contribution in [2.24, 2.45) is 0 Å². The number of thiazole rings is 1. The summed E-state index contributed by atoms with van der Waals surface area (Å²) in [6, 6.07) is 7.97. The molecule has 3 rings (SSSR count). The summed E-state index contributed by atoms with van der Waals surface area (Å²) in [7, 11) is 0. The lowest BCUT2D eigenvalue weighted by molar-refractivity contribution is -0.121. The van der Waals surface area contributed by atoms with Crippen LogP contribution in [0.1, 0.15) is 12.1 Å². The fraction of sp³-hybridized carbons (Fsp3) is 0.312. The Morgan fingerprint density at radius 3 is 2.96 bits per heavy atom. The van der Waals surface area contributed by atoms with Gasteiger partial charge in [-0.2, -0.15) is 0 Å². The highest BCUT2D eigenvalue weighted by molar-refractivity contribution is 7.07. The number of carbonyl (C=O) groups is 1. The van der Waals surface area contributed by atoms with Gasteiger partial charge in [-0.3, -0.25) is 14.2 Å². The fourth-order valence-corrected chi connectivity index (χ4v) is 3.20. The number of aromatic nitrogens is 3. The largest absolute Gasteiger partial charge is 0.354 e. The van der Waals surface area contributed by atoms with E-state index in [0.717, 1.165) is 41.0 Å². The summed E-state index contributed by atoms with van der Waals surface area (Å²) in [4.78, 5) is 27.7. The van der Waals surface area contributed by atoms with Crippen LogP contribution in [-0.4, -0.2) is 26.6 Å². The molecule has 0 bridgehead atoms. The third-order valence-electron chi connectivity index (χ3n) is 3.70. The Hall–Kier alpha value is -2.41. The van der Waals surface area contributed by atoms with Crippen LogP contribution in [0.15, 0.2) is 40.8 Å². The highest BCUT2D eigenvalue weighted by Crippen LogP contribution is 2.11. The summed E-state index contributed by atoms with van der Waals surface area (Å²) in [5.41, 5.74) is 2.89. The van der Waals surface area contributed by atoms with E-state index in [4.69, 9.17) is 0 Å². The number of hydrogen-bond acceptors (Lipinski definition) is 4. The number of aryl methyl sites for hydroxylation is 2. The molecule has 2 aromatic heterocycles. The van der Waals surface area contributed by atoms with Gasteiger partial charge >= 0.3 is 4.87 Å². The van der Waals surface area contributed by atoms with Crippen LogP contribution in [0, 0.1) is 6.92 Å². The van der Waals surface area contributed by atoms with Crippen molar-refractivity contribution in [1.29, 1.82) is 0 Å². The third kappa shape index (κ3) is 3.50. The second-order valence-corrected chi connectivity index (χ2v) is 6.18. The predicted octanol–water partition coefficient (Wildman–Crippen LogP) is 1.77. The molecule has 23 heavy (non-hydrogen) atoms. The average molecular weight is 330 g/mol. The smallest absolute Gasteiger partial charge is 0.307 e. The topological polar surface area (TPSA) is 68.9 Å². The van der Waals surface area contributed by atoms with E-state index in [1.165, 1.54) is 4.57 Å². The number of benzene rings is 1. The molecule has 0 saturated carbocycles. The predicted molar refractivity (Wildman–Crippen MR) is 90.7 cm³/mol. The molecule has 1 aromatic carbocycles. The van der Waals surface area contributed by atoms with Gasteiger partial charge in [-0.1, -0.05) is 23.5 Å². The van der Waals surface area contributed by atoms with Crippen molar-refractivity contribution in [3.8, 4) is 0 Å². The van der Waals surface area contributed by atoms with Crippen LogP contribution in [0.5, 0.6) is 0 Å². The normalized spacial score (nSPS) is 11.0. The first-order chi connectivity index (χ1) is 11.1. The molecule has 120 valence electrons. The highest BCUT2D eigenvalue weighted by atomic mass is 32.1. The van der Waals surface area contributed by atoms with Gasteiger partial charge in [0.25, 0.3) is 0 Å². The summed E-state index contributed by atoms with van der Waals surface area (Å²) in [6.45, 7) is 3.28. The van der Waals surface area contributed by atoms with Crippen molar-refractivity contribution in [2.75, 3.05) is 6.54 Å². The first-order valence-corrected chi connectivity index (χ1v) is 8.34. The van der Waals surface area contributed by atoms with Crippen LogP contribution in [0.4, 0.5) is 0 Å². The van der Waals surface area contributed by atoms with Crippen molar-refractivity contribution in [3.63, 3.8) is 0 Å². The second-order valence-electron chi connectivity index (χ2n) is 5.36. The molecule has 3 aromatic rings. The second kappa shape index (κ2) is 6.78. The van der Waals surface area contributed by atoms with E-state index in [9.17, 15) is 9.59 Å². The minimum absolute atomic E-state index is 0.0855. The average Bonchev–Trinajstić information content (AvgIpc) is 3.10. The van der Waals surface area contributed by atoms with Gasteiger partial charge in [0.2, 0.25) is 5.91 Å². The summed E-state index contributed by atoms with van der Waals surface area (Å²) < 4.78 is 3.57. The van der Waals surface area contributed by atoms with E-state index in [1.54, 1.807) is 5.38 Å². The molecule has 2 heterocycles. The maximum absolute atomic E-state index is 11.9. The molecule has 7 heteroatoms. The molecule has 0 fully saturated rings. The standard InChI is InChI=1S/C16H18N4O2S/c1-12-10-23-16(22)20(12)9-15(21)17-7-4-8-19-11-18-13-5-2-3-6-14(13)19/h2-3,5-6,10-11H,4,7-9H2,1H3,(H,17,21). The van der Waals surface area contributed by atoms with Crippen molar-refractivity contribution >= 4 is 28.3 Å². The Morgan fingerprint density at radius 2 is 2.17 bits per heavy atom. The number of para-hydroxylation sites is 2. The molecule has 0 unspecified atom stereocenters. The minimum atomic E-state index is -0.135. The molecule has 0 radical (unpaired) electrons. The maximum atomic E-state index is 11.9. The number of amides is 1. The number of nitrogens with zero attached hydrogens (tertiary/aromatic N) is 3. The molecule has 0 aliphatic heterocycles. The first kappa shape index (κ1) is 15.5. The minimum Gasteiger partial charge on any atom is -0.354 e. The van der Waals surface area contributed by atoms with Crippen molar-refractivity contribution < 1.29 is 4.79 Å². The van der Waals surface area contributed by atoms with Gasteiger partial charge in [-0.25, -0.2) is 4.98 Å². The van der Waals surface area contributed by atoms with Crippen LogP contribution >= 0.6 is 11.3 Å². The third-order valence-corrected chi connectivity index (χ3v) is 4.58. The Balaban J connectivity index is 1.48. The lowest BCUT2D eigenvalue weighted by atomic mass is 10.3. The summed E-state index contributed by atoms with van der Waals surface area (Å²) in [5.74, 6) is -0.135. The lowest BCUT2D eigenvalue weighted by Gasteiger charge is -2.08. The number of hydrogen-bond donors (Lipinski definition) is 1. The molecule has 0 spiro atoms. The van der Waals surface area contributed by atoms with E-state index >= 15 is 0 Å². The van der Waals surface area contributed by atoms with Crippen molar-refractivity contribution in [3.05, 3.63) is 51.3 Å². The number of rotatable bonds is 6. The zero-order valence-corrected chi connectivity index (χ0v) is 13.7. The van der Waals surface area contributed by atoms with Crippen LogP contribution in [0.25, 0.3) is 11.0 Å². The Bertz CT molecular complexity index is 877. The van der Waals surface area contributed by atoms with E-state index in [0.29, 0.717) is 6.54 Å². The summed E-state index contributed by atoms with van der Waals surface area (Å²) in [6.07, 6.45) is 2.63. The maximum Gasteiger partial charge on any atom is 0.307 e. The summed E-state index contributed by atoms with van der Waals surface area (Å²) in [5, 5.41) is 4.62. The molecule has 0 aliphatic carbocycles. The zero-order chi connectivity index (χ0) is 16.2. The number of fused-ring (bicyclic) bond motifs is 1. The Kier molecular flexibility index (Phi) is 4.57. The van der Waals surface area contributed by atoms with Gasteiger partial charge in [0.15, 0.2) is 0 Å². The molecule has 1 amide bonds. The lowest BCUT2D eigenvalue weighted by Crippen LogP contribution is -2.32. The molecule has 0 aliphatic rings. The van der Waals surface area contributed by atoms with Crippen molar-refractivity contribution in [2.45, 2.75) is 26.4 Å². The van der Waals surface area contributed by atoms with E-state index in [2.05, 4.69) is 14.9 Å². The SMILES string of the molecule is Cc1csc(=O)n1CC(=O)NCCCn1cnc2ccccc21. The van der Waals surface area contributed by atoms with Gasteiger partial charge in [-0.15, -0.1) is 0 Å². The fourth-order valence-electron chi connectivity index (χ4n) is 2.46.